The van der Waals surface area contributed by atoms with Crippen molar-refractivity contribution >= 4 is 37.0 Å². The molecule has 2 saturated heterocycles. The minimum atomic E-state index is -5.17. The van der Waals surface area contributed by atoms with Crippen LogP contribution < -0.4 is 9.44 Å². The Bertz CT molecular complexity index is 1130. The molecule has 9 N–H and O–H groups in total. The lowest BCUT2D eigenvalue weighted by atomic mass is 9.95. The van der Waals surface area contributed by atoms with E-state index in [0.29, 0.717) is 0 Å². The Hall–Kier alpha value is -1.20. The molecule has 0 aliphatic carbocycles. The van der Waals surface area contributed by atoms with Crippen molar-refractivity contribution < 1.29 is 87.3 Å². The Morgan fingerprint density at radius 2 is 1.38 bits per heavy atom. The Balaban J connectivity index is 2.49. The number of ether oxygens (including phenoxy) is 4. The second-order valence-electron chi connectivity index (χ2n) is 7.56. The zero-order valence-corrected chi connectivity index (χ0v) is 20.7. The summed E-state index contributed by atoms with van der Waals surface area (Å²) in [4.78, 5) is 11.6. The molecule has 10 atom stereocenters. The van der Waals surface area contributed by atoms with Crippen LogP contribution in [0.5, 0.6) is 0 Å². The zero-order valence-electron chi connectivity index (χ0n) is 18.2. The summed E-state index contributed by atoms with van der Waals surface area (Å²) in [6.45, 7) is -1.25. The van der Waals surface area contributed by atoms with E-state index in [1.165, 1.54) is 9.44 Å². The molecule has 218 valence electrons. The number of carboxylic acid groups (broad SMARTS) is 1. The molecular weight excluding hydrogens is 584 g/mol. The SMILES string of the molecule is CO[C@H]1[C@H](O)[C@@H](NS(=O)(=O)O)[C@H](O[C@H]2[C@H](O)[C@@H](NS(=O)(=O)O)[C@@H](O)O[C@@H]2COS(=O)(=O)O)O[C@H]1C(=O)O. The summed E-state index contributed by atoms with van der Waals surface area (Å²) in [6, 6.07) is -4.24. The van der Waals surface area contributed by atoms with Gasteiger partial charge in [-0.05, 0) is 0 Å². The molecule has 0 aromatic rings. The van der Waals surface area contributed by atoms with Gasteiger partial charge in [-0.2, -0.15) is 34.7 Å². The molecule has 0 aromatic heterocycles. The van der Waals surface area contributed by atoms with Crippen LogP contribution in [0.1, 0.15) is 0 Å². The van der Waals surface area contributed by atoms with E-state index in [0.717, 1.165) is 7.11 Å². The predicted octanol–water partition coefficient (Wildman–Crippen LogP) is -6.02. The lowest BCUT2D eigenvalue weighted by Crippen LogP contribution is -2.69. The van der Waals surface area contributed by atoms with Crippen LogP contribution in [0.25, 0.3) is 0 Å². The van der Waals surface area contributed by atoms with Crippen LogP contribution in [0.15, 0.2) is 0 Å². The highest BCUT2D eigenvalue weighted by Crippen LogP contribution is 2.30. The second kappa shape index (κ2) is 11.9. The maximum Gasteiger partial charge on any atom is 0.397 e. The molecule has 2 fully saturated rings. The van der Waals surface area contributed by atoms with Crippen LogP contribution in [0, 0.1) is 0 Å². The third-order valence-corrected chi connectivity index (χ3v) is 6.60. The number of hydrogen-bond acceptors (Lipinski definition) is 15. The molecule has 37 heavy (non-hydrogen) atoms. The molecule has 21 nitrogen and oxygen atoms in total. The highest BCUT2D eigenvalue weighted by atomic mass is 32.3. The molecule has 0 radical (unpaired) electrons. The van der Waals surface area contributed by atoms with Gasteiger partial charge in [0.15, 0.2) is 18.7 Å². The Morgan fingerprint density at radius 1 is 0.865 bits per heavy atom. The number of aliphatic hydroxyl groups is 3. The third kappa shape index (κ3) is 8.92. The molecule has 0 unspecified atom stereocenters. The number of nitrogens with one attached hydrogen (secondary N) is 2. The van der Waals surface area contributed by atoms with E-state index in [4.69, 9.17) is 28.1 Å². The predicted molar refractivity (Wildman–Crippen MR) is 109 cm³/mol. The number of carbonyl (C=O) groups is 1. The van der Waals surface area contributed by atoms with E-state index in [1.807, 2.05) is 0 Å². The monoisotopic (exact) mass is 608 g/mol. The molecule has 2 rings (SSSR count). The minimum Gasteiger partial charge on any atom is -0.479 e. The third-order valence-electron chi connectivity index (χ3n) is 5.03. The molecule has 0 bridgehead atoms. The van der Waals surface area contributed by atoms with Gasteiger partial charge in [0.2, 0.25) is 0 Å². The number of aliphatic carboxylic acids is 1. The summed E-state index contributed by atoms with van der Waals surface area (Å²) in [7, 11) is -14.6. The fourth-order valence-corrected chi connectivity index (χ4v) is 5.07. The number of hydrogen-bond donors (Lipinski definition) is 9. The number of aliphatic hydroxyl groups excluding tert-OH is 3. The topological polar surface area (TPSA) is 331 Å². The highest BCUT2D eigenvalue weighted by Gasteiger charge is 2.54. The average Bonchev–Trinajstić information content (AvgIpc) is 2.71. The number of carboxylic acids is 1. The Kier molecular flexibility index (Phi) is 10.3. The molecule has 0 saturated carbocycles. The summed E-state index contributed by atoms with van der Waals surface area (Å²) < 4.78 is 121. The van der Waals surface area contributed by atoms with Crippen molar-refractivity contribution in [2.24, 2.45) is 0 Å². The molecular formula is C13H24N2O19S3. The quantitative estimate of drug-likeness (QED) is 0.0985. The van der Waals surface area contributed by atoms with E-state index >= 15 is 0 Å². The molecule has 2 aliphatic heterocycles. The first kappa shape index (κ1) is 32.0. The van der Waals surface area contributed by atoms with Gasteiger partial charge in [0.05, 0.1) is 6.61 Å². The lowest BCUT2D eigenvalue weighted by Gasteiger charge is -2.47. The smallest absolute Gasteiger partial charge is 0.397 e. The average molecular weight is 609 g/mol. The van der Waals surface area contributed by atoms with Crippen LogP contribution in [0.2, 0.25) is 0 Å². The van der Waals surface area contributed by atoms with Gasteiger partial charge in [-0.3, -0.25) is 13.7 Å². The van der Waals surface area contributed by atoms with E-state index < -0.39 is 105 Å². The van der Waals surface area contributed by atoms with Crippen molar-refractivity contribution in [3.05, 3.63) is 0 Å². The maximum atomic E-state index is 11.6. The summed E-state index contributed by atoms with van der Waals surface area (Å²) in [5.41, 5.74) is 0. The van der Waals surface area contributed by atoms with Gasteiger partial charge in [0.25, 0.3) is 0 Å². The van der Waals surface area contributed by atoms with Crippen molar-refractivity contribution in [3.8, 4) is 0 Å². The van der Waals surface area contributed by atoms with Crippen molar-refractivity contribution in [2.75, 3.05) is 13.7 Å². The summed E-state index contributed by atoms with van der Waals surface area (Å²) in [5, 5.41) is 40.6. The molecule has 0 aromatic carbocycles. The normalized spacial score (nSPS) is 37.8. The van der Waals surface area contributed by atoms with E-state index in [-0.39, 0.29) is 0 Å². The standard InChI is InChI=1S/C13H24N2O19S3/c1-30-9-7(17)5(15-36(24,25)26)13(34-10(9)11(18)19)33-8-3(2-31-37(27,28)29)32-12(20)4(6(8)16)14-35(21,22)23/h3-10,12-17,20H,2H2,1H3,(H,18,19)(H,21,22,23)(H,24,25,26)(H,27,28,29)/t3-,4-,5-,6-,7-,8-,9+,10-,12+,13-/m1/s1. The van der Waals surface area contributed by atoms with Crippen molar-refractivity contribution in [1.82, 2.24) is 9.44 Å². The van der Waals surface area contributed by atoms with Crippen molar-refractivity contribution in [1.29, 1.82) is 0 Å². The second-order valence-corrected chi connectivity index (χ2v) is 11.0. The van der Waals surface area contributed by atoms with E-state index in [2.05, 4.69) is 4.18 Å². The van der Waals surface area contributed by atoms with E-state index in [9.17, 15) is 55.0 Å². The zero-order chi connectivity index (χ0) is 28.5. The summed E-state index contributed by atoms with van der Waals surface area (Å²) in [6.07, 6.45) is -17.0. The summed E-state index contributed by atoms with van der Waals surface area (Å²) in [5.74, 6) is -1.77. The largest absolute Gasteiger partial charge is 0.479 e. The van der Waals surface area contributed by atoms with Crippen LogP contribution in [-0.4, -0.2) is 140 Å². The molecule has 2 aliphatic rings. The van der Waals surface area contributed by atoms with Crippen molar-refractivity contribution in [3.63, 3.8) is 0 Å². The first-order valence-corrected chi connectivity index (χ1v) is 13.9. The summed E-state index contributed by atoms with van der Waals surface area (Å²) >= 11 is 0. The first-order valence-electron chi connectivity index (χ1n) is 9.61. The van der Waals surface area contributed by atoms with Crippen LogP contribution in [0.4, 0.5) is 0 Å². The molecule has 2 heterocycles. The van der Waals surface area contributed by atoms with Crippen LogP contribution in [0.3, 0.4) is 0 Å². The number of rotatable bonds is 11. The van der Waals surface area contributed by atoms with Crippen molar-refractivity contribution in [2.45, 2.75) is 61.3 Å². The highest BCUT2D eigenvalue weighted by molar-refractivity contribution is 7.84. The fourth-order valence-electron chi connectivity index (χ4n) is 3.57. The Morgan fingerprint density at radius 3 is 1.84 bits per heavy atom. The van der Waals surface area contributed by atoms with Gasteiger partial charge in [-0.25, -0.2) is 8.98 Å². The van der Waals surface area contributed by atoms with Crippen LogP contribution >= 0.6 is 0 Å². The van der Waals surface area contributed by atoms with Gasteiger partial charge in [0, 0.05) is 7.11 Å². The van der Waals surface area contributed by atoms with Gasteiger partial charge in [-0.15, -0.1) is 0 Å². The first-order chi connectivity index (χ1) is 16.7. The molecule has 0 spiro atoms. The fraction of sp³-hybridized carbons (Fsp3) is 0.923. The lowest BCUT2D eigenvalue weighted by molar-refractivity contribution is -0.322. The van der Waals surface area contributed by atoms with Gasteiger partial charge in [0.1, 0.15) is 42.6 Å². The maximum absolute atomic E-state index is 11.6. The van der Waals surface area contributed by atoms with E-state index in [1.54, 1.807) is 0 Å². The molecule has 24 heteroatoms. The minimum absolute atomic E-state index is 0.924. The van der Waals surface area contributed by atoms with Crippen LogP contribution in [-0.2, 0) is 58.9 Å². The van der Waals surface area contributed by atoms with Gasteiger partial charge in [-0.1, -0.05) is 0 Å². The number of methoxy groups -OCH3 is 1. The van der Waals surface area contributed by atoms with Gasteiger partial charge < -0.3 is 39.4 Å². The Labute approximate surface area is 208 Å². The van der Waals surface area contributed by atoms with Gasteiger partial charge >= 0.3 is 37.0 Å². The molecule has 0 amide bonds.